The van der Waals surface area contributed by atoms with Crippen LogP contribution < -0.4 is 0 Å². The molecule has 88 valence electrons. The Morgan fingerprint density at radius 3 is 2.65 bits per heavy atom. The summed E-state index contributed by atoms with van der Waals surface area (Å²) in [5, 5.41) is 4.03. The summed E-state index contributed by atoms with van der Waals surface area (Å²) in [5.74, 6) is 0.814. The maximum absolute atomic E-state index is 11.7. The Hall–Kier alpha value is -0.580. The molecule has 2 rings (SSSR count). The van der Waals surface area contributed by atoms with Crippen LogP contribution in [0.15, 0.2) is 50.5 Å². The molecular weight excluding hydrogens is 316 g/mol. The Balaban J connectivity index is 1.82. The first-order valence-electron chi connectivity index (χ1n) is 5.15. The Kier molecular flexibility index (Phi) is 4.83. The van der Waals surface area contributed by atoms with Gasteiger partial charge in [-0.3, -0.25) is 4.79 Å². The zero-order valence-electron chi connectivity index (χ0n) is 9.06. The van der Waals surface area contributed by atoms with Crippen molar-refractivity contribution in [1.82, 2.24) is 0 Å². The van der Waals surface area contributed by atoms with Gasteiger partial charge in [-0.15, -0.1) is 11.8 Å². The molecule has 0 unspecified atom stereocenters. The maximum Gasteiger partial charge on any atom is 0.147 e. The van der Waals surface area contributed by atoms with Crippen molar-refractivity contribution in [2.24, 2.45) is 0 Å². The van der Waals surface area contributed by atoms with E-state index in [0.717, 1.165) is 14.9 Å². The van der Waals surface area contributed by atoms with E-state index in [1.807, 2.05) is 41.1 Å². The van der Waals surface area contributed by atoms with E-state index >= 15 is 0 Å². The fourth-order valence-electron chi connectivity index (χ4n) is 1.37. The zero-order chi connectivity index (χ0) is 12.1. The molecule has 1 aromatic heterocycles. The van der Waals surface area contributed by atoms with Crippen molar-refractivity contribution in [3.63, 3.8) is 0 Å². The lowest BCUT2D eigenvalue weighted by molar-refractivity contribution is -0.115. The minimum absolute atomic E-state index is 0.274. The smallest absolute Gasteiger partial charge is 0.147 e. The third-order valence-electron chi connectivity index (χ3n) is 2.19. The molecule has 17 heavy (non-hydrogen) atoms. The van der Waals surface area contributed by atoms with E-state index < -0.39 is 0 Å². The number of ketones is 1. The Bertz CT molecular complexity index is 477. The summed E-state index contributed by atoms with van der Waals surface area (Å²) in [5.41, 5.74) is 1.12. The Morgan fingerprint density at radius 2 is 2.00 bits per heavy atom. The summed E-state index contributed by atoms with van der Waals surface area (Å²) in [6, 6.07) is 10.0. The highest BCUT2D eigenvalue weighted by Crippen LogP contribution is 2.21. The van der Waals surface area contributed by atoms with Gasteiger partial charge in [-0.25, -0.2) is 0 Å². The van der Waals surface area contributed by atoms with Crippen molar-refractivity contribution in [1.29, 1.82) is 0 Å². The molecule has 0 amide bonds. The molecule has 0 fully saturated rings. The SMILES string of the molecule is O=C(CSc1ccc(Br)cc1)Cc1ccsc1. The van der Waals surface area contributed by atoms with Gasteiger partial charge in [0.15, 0.2) is 0 Å². The molecule has 0 aliphatic carbocycles. The molecule has 0 bridgehead atoms. The molecule has 1 heterocycles. The van der Waals surface area contributed by atoms with Crippen molar-refractivity contribution >= 4 is 44.8 Å². The zero-order valence-corrected chi connectivity index (χ0v) is 12.3. The highest BCUT2D eigenvalue weighted by Gasteiger charge is 2.05. The lowest BCUT2D eigenvalue weighted by atomic mass is 10.2. The average molecular weight is 327 g/mol. The van der Waals surface area contributed by atoms with Gasteiger partial charge in [0.25, 0.3) is 0 Å². The predicted molar refractivity (Wildman–Crippen MR) is 77.9 cm³/mol. The number of rotatable bonds is 5. The van der Waals surface area contributed by atoms with Gasteiger partial charge in [0.1, 0.15) is 5.78 Å². The Labute approximate surface area is 117 Å². The van der Waals surface area contributed by atoms with Gasteiger partial charge >= 0.3 is 0 Å². The minimum Gasteiger partial charge on any atom is -0.298 e. The van der Waals surface area contributed by atoms with E-state index in [9.17, 15) is 4.79 Å². The second-order valence-corrected chi connectivity index (χ2v) is 6.33. The maximum atomic E-state index is 11.7. The fraction of sp³-hybridized carbons (Fsp3) is 0.154. The van der Waals surface area contributed by atoms with Crippen LogP contribution in [0, 0.1) is 0 Å². The van der Waals surface area contributed by atoms with Crippen LogP contribution in [0.5, 0.6) is 0 Å². The number of hydrogen-bond acceptors (Lipinski definition) is 3. The molecule has 0 spiro atoms. The highest BCUT2D eigenvalue weighted by atomic mass is 79.9. The van der Waals surface area contributed by atoms with Gasteiger partial charge in [-0.1, -0.05) is 15.9 Å². The first kappa shape index (κ1) is 12.9. The summed E-state index contributed by atoms with van der Waals surface area (Å²) < 4.78 is 1.06. The summed E-state index contributed by atoms with van der Waals surface area (Å²) in [7, 11) is 0. The normalized spacial score (nSPS) is 10.4. The number of Topliss-reactive ketones (excluding diaryl/α,β-unsaturated/α-hetero) is 1. The third kappa shape index (κ3) is 4.30. The van der Waals surface area contributed by atoms with Gasteiger partial charge < -0.3 is 0 Å². The predicted octanol–water partition coefficient (Wildman–Crippen LogP) is 4.41. The molecular formula is C13H11BrOS2. The second kappa shape index (κ2) is 6.38. The van der Waals surface area contributed by atoms with Gasteiger partial charge in [-0.2, -0.15) is 11.3 Å². The van der Waals surface area contributed by atoms with Gasteiger partial charge in [0.05, 0.1) is 5.75 Å². The van der Waals surface area contributed by atoms with E-state index in [0.29, 0.717) is 12.2 Å². The van der Waals surface area contributed by atoms with Crippen molar-refractivity contribution in [3.8, 4) is 0 Å². The monoisotopic (exact) mass is 326 g/mol. The van der Waals surface area contributed by atoms with E-state index in [4.69, 9.17) is 0 Å². The molecule has 0 atom stereocenters. The summed E-state index contributed by atoms with van der Waals surface area (Å²) in [6.45, 7) is 0. The van der Waals surface area contributed by atoms with Crippen LogP contribution in [0.1, 0.15) is 5.56 Å². The molecule has 0 saturated heterocycles. The van der Waals surface area contributed by atoms with Gasteiger partial charge in [0.2, 0.25) is 0 Å². The Morgan fingerprint density at radius 1 is 1.24 bits per heavy atom. The molecule has 1 aromatic carbocycles. The van der Waals surface area contributed by atoms with Crippen LogP contribution in [-0.4, -0.2) is 11.5 Å². The largest absolute Gasteiger partial charge is 0.298 e. The summed E-state index contributed by atoms with van der Waals surface area (Å²) in [6.07, 6.45) is 0.549. The fourth-order valence-corrected chi connectivity index (χ4v) is 3.06. The molecule has 1 nitrogen and oxygen atoms in total. The van der Waals surface area contributed by atoms with Gasteiger partial charge in [0, 0.05) is 15.8 Å². The van der Waals surface area contributed by atoms with Crippen molar-refractivity contribution in [3.05, 3.63) is 51.1 Å². The number of thioether (sulfide) groups is 1. The number of benzene rings is 1. The molecule has 0 aliphatic rings. The molecule has 4 heteroatoms. The van der Waals surface area contributed by atoms with Crippen LogP contribution >= 0.6 is 39.0 Å². The minimum atomic E-state index is 0.274. The van der Waals surface area contributed by atoms with Gasteiger partial charge in [-0.05, 0) is 46.7 Å². The molecule has 0 saturated carbocycles. The first-order valence-corrected chi connectivity index (χ1v) is 7.87. The van der Waals surface area contributed by atoms with Crippen molar-refractivity contribution < 1.29 is 4.79 Å². The van der Waals surface area contributed by atoms with Crippen LogP contribution in [0.25, 0.3) is 0 Å². The molecule has 2 aromatic rings. The van der Waals surface area contributed by atoms with E-state index in [1.54, 1.807) is 23.1 Å². The second-order valence-electron chi connectivity index (χ2n) is 3.59. The van der Waals surface area contributed by atoms with Crippen LogP contribution in [0.2, 0.25) is 0 Å². The number of carbonyl (C=O) groups is 1. The van der Waals surface area contributed by atoms with Crippen LogP contribution in [0.4, 0.5) is 0 Å². The number of thiophene rings is 1. The third-order valence-corrected chi connectivity index (χ3v) is 4.53. The van der Waals surface area contributed by atoms with E-state index in [1.165, 1.54) is 0 Å². The molecule has 0 N–H and O–H groups in total. The lowest BCUT2D eigenvalue weighted by Crippen LogP contribution is -2.04. The number of hydrogen-bond donors (Lipinski definition) is 0. The topological polar surface area (TPSA) is 17.1 Å². The van der Waals surface area contributed by atoms with Crippen LogP contribution in [-0.2, 0) is 11.2 Å². The average Bonchev–Trinajstić information content (AvgIpc) is 2.81. The molecule has 0 aliphatic heterocycles. The lowest BCUT2D eigenvalue weighted by Gasteiger charge is -2.01. The highest BCUT2D eigenvalue weighted by molar-refractivity contribution is 9.10. The van der Waals surface area contributed by atoms with Crippen molar-refractivity contribution in [2.75, 3.05) is 5.75 Å². The number of carbonyl (C=O) groups excluding carboxylic acids is 1. The molecule has 0 radical (unpaired) electrons. The van der Waals surface area contributed by atoms with E-state index in [-0.39, 0.29) is 5.78 Å². The summed E-state index contributed by atoms with van der Waals surface area (Å²) >= 11 is 6.62. The number of halogens is 1. The van der Waals surface area contributed by atoms with E-state index in [2.05, 4.69) is 15.9 Å². The standard InChI is InChI=1S/C13H11BrOS2/c14-11-1-3-13(4-2-11)17-9-12(15)7-10-5-6-16-8-10/h1-6,8H,7,9H2. The van der Waals surface area contributed by atoms with Crippen molar-refractivity contribution in [2.45, 2.75) is 11.3 Å². The van der Waals surface area contributed by atoms with Crippen LogP contribution in [0.3, 0.4) is 0 Å². The quantitative estimate of drug-likeness (QED) is 0.757. The first-order chi connectivity index (χ1) is 8.24. The summed E-state index contributed by atoms with van der Waals surface area (Å²) in [4.78, 5) is 12.9.